The maximum Gasteiger partial charge on any atom is 0.151 e. The summed E-state index contributed by atoms with van der Waals surface area (Å²) in [5, 5.41) is 17.1. The Morgan fingerprint density at radius 1 is 0.667 bits per heavy atom. The van der Waals surface area contributed by atoms with Gasteiger partial charge in [0.1, 0.15) is 0 Å². The molecule has 2 saturated carbocycles. The van der Waals surface area contributed by atoms with Crippen LogP contribution in [0.1, 0.15) is 116 Å². The third kappa shape index (κ3) is 13.6. The van der Waals surface area contributed by atoms with E-state index in [1.165, 1.54) is 89.9 Å². The fourth-order valence-corrected chi connectivity index (χ4v) is 4.60. The van der Waals surface area contributed by atoms with Crippen LogP contribution in [0.15, 0.2) is 0 Å². The minimum Gasteiger partial charge on any atom is -0.368 e. The fourth-order valence-electron chi connectivity index (χ4n) is 4.60. The van der Waals surface area contributed by atoms with E-state index in [1.807, 2.05) is 0 Å². The molecule has 2 fully saturated rings. The van der Waals surface area contributed by atoms with Crippen LogP contribution in [0.4, 0.5) is 0 Å². The van der Waals surface area contributed by atoms with Crippen LogP contribution in [0.5, 0.6) is 0 Å². The normalized spacial score (nSPS) is 28.7. The maximum atomic E-state index is 8.55. The molecule has 0 spiro atoms. The third-order valence-corrected chi connectivity index (χ3v) is 6.52. The number of aliphatic hydroxyl groups is 2. The lowest BCUT2D eigenvalue weighted by molar-refractivity contribution is -0.0466. The Labute approximate surface area is 168 Å². The molecule has 162 valence electrons. The van der Waals surface area contributed by atoms with Gasteiger partial charge in [-0.2, -0.15) is 0 Å². The van der Waals surface area contributed by atoms with Crippen LogP contribution in [0.3, 0.4) is 0 Å². The Hall–Kier alpha value is -0.160. The molecule has 0 saturated heterocycles. The molecule has 2 aliphatic rings. The monoisotopic (exact) mass is 384 g/mol. The molecule has 0 heterocycles. The Morgan fingerprint density at radius 2 is 1.07 bits per heavy atom. The van der Waals surface area contributed by atoms with Crippen LogP contribution in [0, 0.1) is 11.8 Å². The van der Waals surface area contributed by atoms with Crippen molar-refractivity contribution in [3.8, 4) is 0 Å². The zero-order valence-corrected chi connectivity index (χ0v) is 18.0. The van der Waals surface area contributed by atoms with Gasteiger partial charge in [-0.25, -0.2) is 0 Å². The van der Waals surface area contributed by atoms with E-state index in [4.69, 9.17) is 21.7 Å². The summed E-state index contributed by atoms with van der Waals surface area (Å²) < 4.78 is 0. The Kier molecular flexibility index (Phi) is 14.5. The molecule has 0 aromatic heterocycles. The molecule has 4 nitrogen and oxygen atoms in total. The maximum absolute atomic E-state index is 8.55. The number of nitrogens with two attached hydrogens (primary N) is 2. The van der Waals surface area contributed by atoms with Gasteiger partial charge < -0.3 is 21.7 Å². The molecule has 0 radical (unpaired) electrons. The third-order valence-electron chi connectivity index (χ3n) is 6.52. The first-order valence-electron chi connectivity index (χ1n) is 11.9. The van der Waals surface area contributed by atoms with Crippen molar-refractivity contribution < 1.29 is 10.2 Å². The van der Waals surface area contributed by atoms with Crippen molar-refractivity contribution in [3.63, 3.8) is 0 Å². The summed E-state index contributed by atoms with van der Waals surface area (Å²) in [5.41, 5.74) is 11.9. The molecule has 27 heavy (non-hydrogen) atoms. The summed E-state index contributed by atoms with van der Waals surface area (Å²) in [4.78, 5) is 0. The molecule has 0 unspecified atom stereocenters. The van der Waals surface area contributed by atoms with Gasteiger partial charge in [0.15, 0.2) is 6.29 Å². The summed E-state index contributed by atoms with van der Waals surface area (Å²) in [7, 11) is 0. The number of hydrogen-bond acceptors (Lipinski definition) is 4. The smallest absolute Gasteiger partial charge is 0.151 e. The average Bonchev–Trinajstić information content (AvgIpc) is 2.65. The Morgan fingerprint density at radius 3 is 1.48 bits per heavy atom. The van der Waals surface area contributed by atoms with E-state index in [2.05, 4.69) is 6.92 Å². The van der Waals surface area contributed by atoms with Gasteiger partial charge in [-0.1, -0.05) is 45.4 Å². The summed E-state index contributed by atoms with van der Waals surface area (Å²) >= 11 is 0. The van der Waals surface area contributed by atoms with Gasteiger partial charge >= 0.3 is 0 Å². The van der Waals surface area contributed by atoms with E-state index in [1.54, 1.807) is 0 Å². The summed E-state index contributed by atoms with van der Waals surface area (Å²) in [6, 6.07) is 1.00. The van der Waals surface area contributed by atoms with E-state index in [0.717, 1.165) is 24.7 Å². The molecule has 4 heteroatoms. The van der Waals surface area contributed by atoms with Crippen LogP contribution in [-0.4, -0.2) is 28.6 Å². The zero-order chi connectivity index (χ0) is 19.9. The van der Waals surface area contributed by atoms with Crippen molar-refractivity contribution in [2.24, 2.45) is 23.3 Å². The second-order valence-corrected chi connectivity index (χ2v) is 9.19. The summed E-state index contributed by atoms with van der Waals surface area (Å²) in [6.45, 7) is 2.21. The average molecular weight is 385 g/mol. The predicted octanol–water partition coefficient (Wildman–Crippen LogP) is 4.85. The molecule has 0 aliphatic heterocycles. The minimum atomic E-state index is -1.10. The lowest BCUT2D eigenvalue weighted by Crippen LogP contribution is -2.30. The quantitative estimate of drug-likeness (QED) is 0.320. The highest BCUT2D eigenvalue weighted by atomic mass is 16.5. The van der Waals surface area contributed by atoms with E-state index in [9.17, 15) is 0 Å². The molecule has 6 N–H and O–H groups in total. The lowest BCUT2D eigenvalue weighted by atomic mass is 9.76. The van der Waals surface area contributed by atoms with Gasteiger partial charge in [-0.05, 0) is 82.5 Å². The SMILES string of the molecule is CCCCCCCCCC(O)O.NC1CCC(CC2CCC(N)CC2)CC1. The number of rotatable bonds is 10. The lowest BCUT2D eigenvalue weighted by Gasteiger charge is -2.32. The standard InChI is InChI=1S/C13H26N2.C10H22O2/c14-12-5-1-10(2-6-12)9-11-3-7-13(15)8-4-11;1-2-3-4-5-6-7-8-9-10(11)12/h10-13H,1-9,14-15H2;10-12H,2-9H2,1H3. The highest BCUT2D eigenvalue weighted by Gasteiger charge is 2.24. The summed E-state index contributed by atoms with van der Waals surface area (Å²) in [6.07, 6.45) is 20.0. The molecule has 0 atom stereocenters. The molecular weight excluding hydrogens is 336 g/mol. The van der Waals surface area contributed by atoms with Gasteiger partial charge in [0.05, 0.1) is 0 Å². The van der Waals surface area contributed by atoms with E-state index in [0.29, 0.717) is 18.5 Å². The molecule has 0 aromatic rings. The van der Waals surface area contributed by atoms with Crippen molar-refractivity contribution in [1.82, 2.24) is 0 Å². The van der Waals surface area contributed by atoms with Gasteiger partial charge in [0.25, 0.3) is 0 Å². The number of unbranched alkanes of at least 4 members (excludes halogenated alkanes) is 6. The topological polar surface area (TPSA) is 92.5 Å². The van der Waals surface area contributed by atoms with Crippen LogP contribution in [0.2, 0.25) is 0 Å². The van der Waals surface area contributed by atoms with Gasteiger partial charge in [0, 0.05) is 12.1 Å². The van der Waals surface area contributed by atoms with Gasteiger partial charge in [-0.15, -0.1) is 0 Å². The van der Waals surface area contributed by atoms with Gasteiger partial charge in [0.2, 0.25) is 0 Å². The Balaban J connectivity index is 0.000000279. The van der Waals surface area contributed by atoms with Crippen molar-refractivity contribution >= 4 is 0 Å². The molecule has 0 amide bonds. The van der Waals surface area contributed by atoms with Crippen LogP contribution in [-0.2, 0) is 0 Å². The highest BCUT2D eigenvalue weighted by Crippen LogP contribution is 2.34. The van der Waals surface area contributed by atoms with Crippen molar-refractivity contribution in [2.45, 2.75) is 134 Å². The molecule has 0 bridgehead atoms. The number of aliphatic hydroxyl groups excluding tert-OH is 1. The van der Waals surface area contributed by atoms with Crippen molar-refractivity contribution in [2.75, 3.05) is 0 Å². The van der Waals surface area contributed by atoms with Crippen LogP contribution < -0.4 is 11.5 Å². The van der Waals surface area contributed by atoms with Crippen molar-refractivity contribution in [1.29, 1.82) is 0 Å². The van der Waals surface area contributed by atoms with Crippen LogP contribution in [0.25, 0.3) is 0 Å². The van der Waals surface area contributed by atoms with Crippen LogP contribution >= 0.6 is 0 Å². The fraction of sp³-hybridized carbons (Fsp3) is 1.00. The minimum absolute atomic E-state index is 0.501. The predicted molar refractivity (Wildman–Crippen MR) is 115 cm³/mol. The first kappa shape index (κ1) is 24.9. The van der Waals surface area contributed by atoms with Gasteiger partial charge in [-0.3, -0.25) is 0 Å². The van der Waals surface area contributed by atoms with Crippen molar-refractivity contribution in [3.05, 3.63) is 0 Å². The van der Waals surface area contributed by atoms with E-state index < -0.39 is 6.29 Å². The molecule has 2 aliphatic carbocycles. The second-order valence-electron chi connectivity index (χ2n) is 9.19. The molecular formula is C23H48N2O2. The van der Waals surface area contributed by atoms with E-state index in [-0.39, 0.29) is 0 Å². The first-order chi connectivity index (χ1) is 13.0. The number of hydrogen-bond donors (Lipinski definition) is 4. The molecule has 2 rings (SSSR count). The van der Waals surface area contributed by atoms with E-state index >= 15 is 0 Å². The zero-order valence-electron chi connectivity index (χ0n) is 18.0. The first-order valence-corrected chi connectivity index (χ1v) is 11.9. The Bertz CT molecular complexity index is 302. The summed E-state index contributed by atoms with van der Waals surface area (Å²) in [5.74, 6) is 1.95. The second kappa shape index (κ2) is 15.7. The largest absolute Gasteiger partial charge is 0.368 e. The highest BCUT2D eigenvalue weighted by molar-refractivity contribution is 4.80. The molecule has 0 aromatic carbocycles.